The van der Waals surface area contributed by atoms with Crippen LogP contribution in [0.5, 0.6) is 0 Å². The summed E-state index contributed by atoms with van der Waals surface area (Å²) in [4.78, 5) is 40.4. The van der Waals surface area contributed by atoms with Crippen LogP contribution in [0.1, 0.15) is 36.3 Å². The van der Waals surface area contributed by atoms with E-state index in [9.17, 15) is 18.8 Å². The molecule has 0 radical (unpaired) electrons. The van der Waals surface area contributed by atoms with Gasteiger partial charge in [0.25, 0.3) is 11.8 Å². The maximum absolute atomic E-state index is 13.2. The zero-order chi connectivity index (χ0) is 18.7. The van der Waals surface area contributed by atoms with E-state index in [0.29, 0.717) is 15.6 Å². The predicted molar refractivity (Wildman–Crippen MR) is 91.5 cm³/mol. The van der Waals surface area contributed by atoms with Crippen LogP contribution >= 0.6 is 11.6 Å². The van der Waals surface area contributed by atoms with E-state index < -0.39 is 23.7 Å². The number of imide groups is 1. The van der Waals surface area contributed by atoms with Crippen LogP contribution in [0.15, 0.2) is 48.5 Å². The molecule has 0 aromatic heterocycles. The normalized spacial score (nSPS) is 15.2. The van der Waals surface area contributed by atoms with E-state index in [1.165, 1.54) is 12.1 Å². The van der Waals surface area contributed by atoms with E-state index in [4.69, 9.17) is 16.4 Å². The van der Waals surface area contributed by atoms with Gasteiger partial charge in [0.2, 0.25) is 0 Å². The van der Waals surface area contributed by atoms with Gasteiger partial charge in [0.1, 0.15) is 5.82 Å². The summed E-state index contributed by atoms with van der Waals surface area (Å²) < 4.78 is 13.2. The molecule has 0 saturated carbocycles. The number of halogens is 2. The van der Waals surface area contributed by atoms with E-state index in [2.05, 4.69) is 0 Å². The average Bonchev–Trinajstić information content (AvgIpc) is 2.93. The summed E-state index contributed by atoms with van der Waals surface area (Å²) in [5, 5.41) is 1.06. The van der Waals surface area contributed by atoms with Crippen LogP contribution in [-0.2, 0) is 19.2 Å². The molecule has 1 atom stereocenters. The largest absolute Gasteiger partial charge is 0.334 e. The Labute approximate surface area is 154 Å². The molecule has 2 amide bonds. The van der Waals surface area contributed by atoms with Gasteiger partial charge in [0.15, 0.2) is 0 Å². The molecule has 2 aromatic carbocycles. The van der Waals surface area contributed by atoms with Crippen LogP contribution in [0.25, 0.3) is 0 Å². The number of benzene rings is 2. The average molecular weight is 376 g/mol. The summed E-state index contributed by atoms with van der Waals surface area (Å²) >= 11 is 5.91. The molecule has 3 rings (SSSR count). The van der Waals surface area contributed by atoms with Crippen molar-refractivity contribution < 1.29 is 23.6 Å². The maximum Gasteiger partial charge on any atom is 0.334 e. The molecule has 5 nitrogen and oxygen atoms in total. The monoisotopic (exact) mass is 375 g/mol. The highest BCUT2D eigenvalue weighted by Gasteiger charge is 2.33. The third kappa shape index (κ3) is 4.08. The van der Waals surface area contributed by atoms with Crippen LogP contribution in [0.4, 0.5) is 4.39 Å². The third-order valence-electron chi connectivity index (χ3n) is 4.11. The molecule has 26 heavy (non-hydrogen) atoms. The number of hydroxylamine groups is 2. The van der Waals surface area contributed by atoms with Crippen molar-refractivity contribution >= 4 is 29.4 Å². The van der Waals surface area contributed by atoms with Gasteiger partial charge in [-0.3, -0.25) is 9.59 Å². The molecule has 1 saturated heterocycles. The van der Waals surface area contributed by atoms with Gasteiger partial charge in [-0.2, -0.15) is 0 Å². The summed E-state index contributed by atoms with van der Waals surface area (Å²) in [7, 11) is 0. The number of carbonyl (C=O) groups excluding carboxylic acids is 3. The highest BCUT2D eigenvalue weighted by molar-refractivity contribution is 6.30. The fourth-order valence-electron chi connectivity index (χ4n) is 2.78. The molecule has 1 heterocycles. The SMILES string of the molecule is O=C(C[C@@H](c1ccc(F)cc1)c1ccc(Cl)cc1)ON1C(=O)CCC1=O. The number of amides is 2. The van der Waals surface area contributed by atoms with Crippen LogP contribution in [0.2, 0.25) is 5.02 Å². The fraction of sp³-hybridized carbons (Fsp3) is 0.211. The second kappa shape index (κ2) is 7.66. The number of nitrogens with zero attached hydrogens (tertiary/aromatic N) is 1. The molecule has 0 spiro atoms. The summed E-state index contributed by atoms with van der Waals surface area (Å²) in [5.74, 6) is -2.62. The Hall–Kier alpha value is -2.73. The topological polar surface area (TPSA) is 63.7 Å². The van der Waals surface area contributed by atoms with Gasteiger partial charge in [-0.25, -0.2) is 9.18 Å². The fourth-order valence-corrected chi connectivity index (χ4v) is 2.91. The Bertz CT molecular complexity index is 774. The molecule has 0 bridgehead atoms. The highest BCUT2D eigenvalue weighted by atomic mass is 35.5. The van der Waals surface area contributed by atoms with Gasteiger partial charge < -0.3 is 4.84 Å². The van der Waals surface area contributed by atoms with Crippen molar-refractivity contribution in [2.24, 2.45) is 0 Å². The molecular formula is C19H15ClFNO4. The summed E-state index contributed by atoms with van der Waals surface area (Å²) in [6.45, 7) is 0. The lowest BCUT2D eigenvalue weighted by atomic mass is 9.88. The predicted octanol–water partition coefficient (Wildman–Crippen LogP) is 3.61. The van der Waals surface area contributed by atoms with Gasteiger partial charge >= 0.3 is 5.97 Å². The smallest absolute Gasteiger partial charge is 0.330 e. The zero-order valence-corrected chi connectivity index (χ0v) is 14.4. The van der Waals surface area contributed by atoms with E-state index in [-0.39, 0.29) is 25.1 Å². The first kappa shape index (κ1) is 18.1. The lowest BCUT2D eigenvalue weighted by Gasteiger charge is -2.19. The van der Waals surface area contributed by atoms with Crippen LogP contribution < -0.4 is 0 Å². The molecule has 0 N–H and O–H groups in total. The number of hydrogen-bond donors (Lipinski definition) is 0. The Morgan fingerprint density at radius 2 is 1.50 bits per heavy atom. The summed E-state index contributed by atoms with van der Waals surface area (Å²) in [6, 6.07) is 12.7. The van der Waals surface area contributed by atoms with Crippen molar-refractivity contribution in [2.45, 2.75) is 25.2 Å². The van der Waals surface area contributed by atoms with E-state index in [1.807, 2.05) is 0 Å². The highest BCUT2D eigenvalue weighted by Crippen LogP contribution is 2.30. The van der Waals surface area contributed by atoms with Crippen molar-refractivity contribution in [3.63, 3.8) is 0 Å². The molecule has 1 aliphatic rings. The second-order valence-corrected chi connectivity index (χ2v) is 6.34. The van der Waals surface area contributed by atoms with Gasteiger partial charge in [-0.05, 0) is 35.4 Å². The van der Waals surface area contributed by atoms with E-state index in [0.717, 1.165) is 5.56 Å². The number of carbonyl (C=O) groups is 3. The van der Waals surface area contributed by atoms with Crippen molar-refractivity contribution in [1.82, 2.24) is 5.06 Å². The Morgan fingerprint density at radius 1 is 1.00 bits per heavy atom. The molecule has 2 aromatic rings. The minimum Gasteiger partial charge on any atom is -0.330 e. The molecular weight excluding hydrogens is 361 g/mol. The summed E-state index contributed by atoms with van der Waals surface area (Å²) in [6.07, 6.45) is -0.0559. The number of rotatable bonds is 5. The minimum absolute atomic E-state index is 0.0324. The quantitative estimate of drug-likeness (QED) is 0.749. The second-order valence-electron chi connectivity index (χ2n) is 5.90. The Morgan fingerprint density at radius 3 is 2.04 bits per heavy atom. The van der Waals surface area contributed by atoms with E-state index >= 15 is 0 Å². The summed E-state index contributed by atoms with van der Waals surface area (Å²) in [5.41, 5.74) is 1.47. The van der Waals surface area contributed by atoms with Crippen molar-refractivity contribution in [3.8, 4) is 0 Å². The van der Waals surface area contributed by atoms with Gasteiger partial charge in [-0.15, -0.1) is 5.06 Å². The molecule has 134 valence electrons. The van der Waals surface area contributed by atoms with Crippen molar-refractivity contribution in [2.75, 3.05) is 0 Å². The van der Waals surface area contributed by atoms with Gasteiger partial charge in [0, 0.05) is 23.8 Å². The van der Waals surface area contributed by atoms with Crippen molar-refractivity contribution in [3.05, 3.63) is 70.5 Å². The standard InChI is InChI=1S/C19H15ClFNO4/c20-14-5-1-12(2-6-14)16(13-3-7-15(21)8-4-13)11-19(25)26-22-17(23)9-10-18(22)24/h1-8,16H,9-11H2/t16-/m1/s1. The maximum atomic E-state index is 13.2. The first-order valence-corrected chi connectivity index (χ1v) is 8.39. The lowest BCUT2D eigenvalue weighted by Crippen LogP contribution is -2.32. The lowest BCUT2D eigenvalue weighted by molar-refractivity contribution is -0.197. The van der Waals surface area contributed by atoms with Crippen LogP contribution in [-0.4, -0.2) is 22.8 Å². The molecule has 7 heteroatoms. The number of hydrogen-bond acceptors (Lipinski definition) is 4. The molecule has 0 aliphatic carbocycles. The third-order valence-corrected chi connectivity index (χ3v) is 4.37. The molecule has 1 aliphatic heterocycles. The molecule has 0 unspecified atom stereocenters. The first-order valence-electron chi connectivity index (χ1n) is 8.01. The Kier molecular flexibility index (Phi) is 5.32. The molecule has 1 fully saturated rings. The van der Waals surface area contributed by atoms with E-state index in [1.54, 1.807) is 36.4 Å². The van der Waals surface area contributed by atoms with Gasteiger partial charge in [-0.1, -0.05) is 35.9 Å². The first-order chi connectivity index (χ1) is 12.4. The van der Waals surface area contributed by atoms with Gasteiger partial charge in [0.05, 0.1) is 6.42 Å². The van der Waals surface area contributed by atoms with Crippen LogP contribution in [0, 0.1) is 5.82 Å². The minimum atomic E-state index is -0.724. The zero-order valence-electron chi connectivity index (χ0n) is 13.7. The van der Waals surface area contributed by atoms with Crippen LogP contribution in [0.3, 0.4) is 0 Å². The Balaban J connectivity index is 1.82. The van der Waals surface area contributed by atoms with Crippen molar-refractivity contribution in [1.29, 1.82) is 0 Å².